The van der Waals surface area contributed by atoms with E-state index in [0.29, 0.717) is 6.42 Å². The first kappa shape index (κ1) is 12.4. The van der Waals surface area contributed by atoms with Gasteiger partial charge in [0.2, 0.25) is 0 Å². The Morgan fingerprint density at radius 2 is 2.06 bits per heavy atom. The molecule has 1 aromatic rings. The normalized spacial score (nSPS) is 11.9. The number of ether oxygens (including phenoxy) is 1. The number of rotatable bonds is 6. The molecule has 4 heteroatoms. The number of anilines is 1. The molecule has 0 spiro atoms. The number of hydrogen-bond donors (Lipinski definition) is 2. The minimum atomic E-state index is -0.761. The van der Waals surface area contributed by atoms with Gasteiger partial charge in [-0.3, -0.25) is 4.79 Å². The molecule has 0 aliphatic carbocycles. The van der Waals surface area contributed by atoms with Crippen LogP contribution in [0.25, 0.3) is 0 Å². The Bertz CT molecular complexity index is 335. The summed E-state index contributed by atoms with van der Waals surface area (Å²) in [6, 6.07) is 7.70. The summed E-state index contributed by atoms with van der Waals surface area (Å²) in [4.78, 5) is 10.4. The molecule has 0 saturated carbocycles. The highest BCUT2D eigenvalue weighted by molar-refractivity contribution is 5.66. The topological polar surface area (TPSA) is 58.6 Å². The Morgan fingerprint density at radius 1 is 1.44 bits per heavy atom. The van der Waals surface area contributed by atoms with Crippen molar-refractivity contribution in [2.24, 2.45) is 0 Å². The predicted octanol–water partition coefficient (Wildman–Crippen LogP) is 2.36. The predicted molar refractivity (Wildman–Crippen MR) is 62.9 cm³/mol. The van der Waals surface area contributed by atoms with E-state index in [1.807, 2.05) is 31.2 Å². The zero-order valence-electron chi connectivity index (χ0n) is 9.56. The van der Waals surface area contributed by atoms with Crippen LogP contribution in [0.5, 0.6) is 5.75 Å². The standard InChI is InChI=1S/C12H17NO3/c1-9(3-8-12(14)15)13-10-4-6-11(16-2)7-5-10/h4-7,9,13H,3,8H2,1-2H3,(H,14,15). The van der Waals surface area contributed by atoms with Crippen LogP contribution in [-0.2, 0) is 4.79 Å². The Kier molecular flexibility index (Phi) is 4.64. The number of carbonyl (C=O) groups is 1. The number of methoxy groups -OCH3 is 1. The third-order valence-corrected chi connectivity index (χ3v) is 2.29. The van der Waals surface area contributed by atoms with Crippen LogP contribution in [-0.4, -0.2) is 24.2 Å². The van der Waals surface area contributed by atoms with Gasteiger partial charge in [0.15, 0.2) is 0 Å². The molecule has 0 aliphatic heterocycles. The van der Waals surface area contributed by atoms with Gasteiger partial charge in [-0.1, -0.05) is 0 Å². The van der Waals surface area contributed by atoms with E-state index in [1.165, 1.54) is 0 Å². The molecule has 1 unspecified atom stereocenters. The molecule has 1 atom stereocenters. The fourth-order valence-corrected chi connectivity index (χ4v) is 1.38. The van der Waals surface area contributed by atoms with Crippen LogP contribution in [0.15, 0.2) is 24.3 Å². The van der Waals surface area contributed by atoms with Gasteiger partial charge in [0.1, 0.15) is 5.75 Å². The van der Waals surface area contributed by atoms with Crippen LogP contribution in [0.1, 0.15) is 19.8 Å². The average molecular weight is 223 g/mol. The van der Waals surface area contributed by atoms with Gasteiger partial charge >= 0.3 is 5.97 Å². The number of carboxylic acids is 1. The Hall–Kier alpha value is -1.71. The molecule has 0 amide bonds. The number of aliphatic carboxylic acids is 1. The van der Waals surface area contributed by atoms with Crippen LogP contribution < -0.4 is 10.1 Å². The average Bonchev–Trinajstić information content (AvgIpc) is 2.27. The van der Waals surface area contributed by atoms with E-state index < -0.39 is 5.97 Å². The van der Waals surface area contributed by atoms with Crippen LogP contribution in [0.4, 0.5) is 5.69 Å². The molecule has 2 N–H and O–H groups in total. The molecule has 88 valence electrons. The molecule has 0 bridgehead atoms. The van der Waals surface area contributed by atoms with Crippen molar-refractivity contribution in [1.29, 1.82) is 0 Å². The van der Waals surface area contributed by atoms with Gasteiger partial charge in [-0.15, -0.1) is 0 Å². The van der Waals surface area contributed by atoms with Crippen molar-refractivity contribution in [1.82, 2.24) is 0 Å². The van der Waals surface area contributed by atoms with E-state index in [-0.39, 0.29) is 12.5 Å². The molecule has 4 nitrogen and oxygen atoms in total. The van der Waals surface area contributed by atoms with E-state index in [2.05, 4.69) is 5.32 Å². The van der Waals surface area contributed by atoms with Gasteiger partial charge in [0, 0.05) is 18.2 Å². The summed E-state index contributed by atoms with van der Waals surface area (Å²) in [5.41, 5.74) is 0.971. The van der Waals surface area contributed by atoms with Crippen LogP contribution >= 0.6 is 0 Å². The number of carboxylic acid groups (broad SMARTS) is 1. The van der Waals surface area contributed by atoms with Crippen LogP contribution in [0.2, 0.25) is 0 Å². The summed E-state index contributed by atoms with van der Waals surface area (Å²) in [5, 5.41) is 11.8. The third-order valence-electron chi connectivity index (χ3n) is 2.29. The lowest BCUT2D eigenvalue weighted by Crippen LogP contribution is -2.16. The third kappa shape index (κ3) is 4.21. The molecule has 0 aliphatic rings. The van der Waals surface area contributed by atoms with Gasteiger partial charge < -0.3 is 15.2 Å². The van der Waals surface area contributed by atoms with Crippen molar-refractivity contribution in [2.45, 2.75) is 25.8 Å². The van der Waals surface area contributed by atoms with E-state index >= 15 is 0 Å². The van der Waals surface area contributed by atoms with Gasteiger partial charge in [-0.25, -0.2) is 0 Å². The summed E-state index contributed by atoms with van der Waals surface area (Å²) < 4.78 is 5.05. The lowest BCUT2D eigenvalue weighted by molar-refractivity contribution is -0.137. The number of nitrogens with one attached hydrogen (secondary N) is 1. The monoisotopic (exact) mass is 223 g/mol. The maximum absolute atomic E-state index is 10.4. The molecule has 0 fully saturated rings. The van der Waals surface area contributed by atoms with E-state index in [1.54, 1.807) is 7.11 Å². The second-order valence-electron chi connectivity index (χ2n) is 3.71. The highest BCUT2D eigenvalue weighted by Gasteiger charge is 2.05. The molecule has 1 rings (SSSR count). The maximum Gasteiger partial charge on any atom is 0.303 e. The highest BCUT2D eigenvalue weighted by Crippen LogP contribution is 2.16. The SMILES string of the molecule is COc1ccc(NC(C)CCC(=O)O)cc1. The maximum atomic E-state index is 10.4. The van der Waals surface area contributed by atoms with Crippen molar-refractivity contribution in [2.75, 3.05) is 12.4 Å². The second kappa shape index (κ2) is 6.00. The van der Waals surface area contributed by atoms with Crippen LogP contribution in [0, 0.1) is 0 Å². The van der Waals surface area contributed by atoms with Crippen LogP contribution in [0.3, 0.4) is 0 Å². The molecule has 0 radical (unpaired) electrons. The molecule has 0 heterocycles. The summed E-state index contributed by atoms with van der Waals surface area (Å²) >= 11 is 0. The molecule has 0 saturated heterocycles. The van der Waals surface area contributed by atoms with E-state index in [0.717, 1.165) is 11.4 Å². The van der Waals surface area contributed by atoms with E-state index in [4.69, 9.17) is 9.84 Å². The molecule has 16 heavy (non-hydrogen) atoms. The van der Waals surface area contributed by atoms with Crippen molar-refractivity contribution in [3.63, 3.8) is 0 Å². The fraction of sp³-hybridized carbons (Fsp3) is 0.417. The minimum Gasteiger partial charge on any atom is -0.497 e. The molecule has 0 aromatic heterocycles. The number of hydrogen-bond acceptors (Lipinski definition) is 3. The van der Waals surface area contributed by atoms with Crippen molar-refractivity contribution < 1.29 is 14.6 Å². The first-order valence-electron chi connectivity index (χ1n) is 5.24. The van der Waals surface area contributed by atoms with Gasteiger partial charge in [-0.05, 0) is 37.6 Å². The quantitative estimate of drug-likeness (QED) is 0.777. The molecule has 1 aromatic carbocycles. The first-order chi connectivity index (χ1) is 7.61. The number of benzene rings is 1. The van der Waals surface area contributed by atoms with Gasteiger partial charge in [0.05, 0.1) is 7.11 Å². The fourth-order valence-electron chi connectivity index (χ4n) is 1.38. The lowest BCUT2D eigenvalue weighted by atomic mass is 10.1. The Labute approximate surface area is 95.2 Å². The zero-order valence-corrected chi connectivity index (χ0v) is 9.56. The largest absolute Gasteiger partial charge is 0.497 e. The Morgan fingerprint density at radius 3 is 2.56 bits per heavy atom. The molecular formula is C12H17NO3. The second-order valence-corrected chi connectivity index (χ2v) is 3.71. The van der Waals surface area contributed by atoms with Gasteiger partial charge in [-0.2, -0.15) is 0 Å². The molecular weight excluding hydrogens is 206 g/mol. The van der Waals surface area contributed by atoms with Crippen molar-refractivity contribution in [3.8, 4) is 5.75 Å². The van der Waals surface area contributed by atoms with Crippen molar-refractivity contribution >= 4 is 11.7 Å². The summed E-state index contributed by atoms with van der Waals surface area (Å²) in [6.07, 6.45) is 0.797. The summed E-state index contributed by atoms with van der Waals surface area (Å²) in [6.45, 7) is 1.97. The van der Waals surface area contributed by atoms with Gasteiger partial charge in [0.25, 0.3) is 0 Å². The van der Waals surface area contributed by atoms with Crippen molar-refractivity contribution in [3.05, 3.63) is 24.3 Å². The highest BCUT2D eigenvalue weighted by atomic mass is 16.5. The minimum absolute atomic E-state index is 0.143. The zero-order chi connectivity index (χ0) is 12.0. The smallest absolute Gasteiger partial charge is 0.303 e. The Balaban J connectivity index is 2.43. The van der Waals surface area contributed by atoms with E-state index in [9.17, 15) is 4.79 Å². The summed E-state index contributed by atoms with van der Waals surface area (Å²) in [7, 11) is 1.62. The first-order valence-corrected chi connectivity index (χ1v) is 5.24. The summed E-state index contributed by atoms with van der Waals surface area (Å²) in [5.74, 6) is 0.0483. The lowest BCUT2D eigenvalue weighted by Gasteiger charge is -2.14.